The molecule has 0 radical (unpaired) electrons. The van der Waals surface area contributed by atoms with Crippen LogP contribution in [0.25, 0.3) is 5.57 Å². The standard InChI is InChI=1S/C9H9ClO/c1-7(6-11)8-3-2-4-9(10)5-8/h2-5,11H,1,6H2. The molecule has 1 aromatic carbocycles. The topological polar surface area (TPSA) is 20.2 Å². The van der Waals surface area contributed by atoms with Crippen LogP contribution < -0.4 is 0 Å². The molecule has 1 N–H and O–H groups in total. The van der Waals surface area contributed by atoms with Crippen LogP contribution in [0.15, 0.2) is 30.8 Å². The van der Waals surface area contributed by atoms with Gasteiger partial charge in [-0.3, -0.25) is 0 Å². The molecule has 58 valence electrons. The predicted molar refractivity (Wildman–Crippen MR) is 47.6 cm³/mol. The van der Waals surface area contributed by atoms with Crippen LogP contribution in [0.5, 0.6) is 0 Å². The summed E-state index contributed by atoms with van der Waals surface area (Å²) in [7, 11) is 0. The minimum atomic E-state index is -0.0274. The van der Waals surface area contributed by atoms with Gasteiger partial charge in [-0.05, 0) is 23.3 Å². The van der Waals surface area contributed by atoms with E-state index in [1.807, 2.05) is 12.1 Å². The summed E-state index contributed by atoms with van der Waals surface area (Å²) in [6.07, 6.45) is 0. The third-order valence-electron chi connectivity index (χ3n) is 1.42. The van der Waals surface area contributed by atoms with E-state index >= 15 is 0 Å². The molecule has 0 spiro atoms. The van der Waals surface area contributed by atoms with Crippen LogP contribution in [0.3, 0.4) is 0 Å². The first-order valence-electron chi connectivity index (χ1n) is 3.28. The molecule has 0 aliphatic carbocycles. The van der Waals surface area contributed by atoms with Gasteiger partial charge < -0.3 is 5.11 Å². The second-order valence-corrected chi connectivity index (χ2v) is 2.71. The number of aliphatic hydroxyl groups excluding tert-OH is 1. The van der Waals surface area contributed by atoms with Gasteiger partial charge >= 0.3 is 0 Å². The van der Waals surface area contributed by atoms with Crippen molar-refractivity contribution in [3.63, 3.8) is 0 Å². The first-order chi connectivity index (χ1) is 5.24. The molecule has 1 rings (SSSR count). The number of rotatable bonds is 2. The summed E-state index contributed by atoms with van der Waals surface area (Å²) >= 11 is 5.72. The first kappa shape index (κ1) is 8.31. The third kappa shape index (κ3) is 2.07. The van der Waals surface area contributed by atoms with E-state index in [2.05, 4.69) is 6.58 Å². The zero-order valence-corrected chi connectivity index (χ0v) is 6.80. The molecule has 1 aromatic rings. The van der Waals surface area contributed by atoms with Crippen LogP contribution >= 0.6 is 11.6 Å². The van der Waals surface area contributed by atoms with Crippen LogP contribution in [0.1, 0.15) is 5.56 Å². The molecule has 0 saturated carbocycles. The van der Waals surface area contributed by atoms with Crippen LogP contribution in [0, 0.1) is 0 Å². The fourth-order valence-corrected chi connectivity index (χ4v) is 0.990. The first-order valence-corrected chi connectivity index (χ1v) is 3.66. The van der Waals surface area contributed by atoms with Crippen molar-refractivity contribution >= 4 is 17.2 Å². The Hall–Kier alpha value is -0.790. The van der Waals surface area contributed by atoms with Crippen molar-refractivity contribution in [2.75, 3.05) is 6.61 Å². The van der Waals surface area contributed by atoms with Gasteiger partial charge in [0.1, 0.15) is 0 Å². The maximum atomic E-state index is 8.74. The summed E-state index contributed by atoms with van der Waals surface area (Å²) in [5, 5.41) is 9.40. The Morgan fingerprint density at radius 2 is 2.27 bits per heavy atom. The normalized spacial score (nSPS) is 9.64. The summed E-state index contributed by atoms with van der Waals surface area (Å²) in [6.45, 7) is 3.65. The van der Waals surface area contributed by atoms with Crippen LogP contribution in [-0.4, -0.2) is 11.7 Å². The largest absolute Gasteiger partial charge is 0.392 e. The lowest BCUT2D eigenvalue weighted by molar-refractivity contribution is 0.350. The van der Waals surface area contributed by atoms with Crippen molar-refractivity contribution < 1.29 is 5.11 Å². The van der Waals surface area contributed by atoms with Gasteiger partial charge in [-0.15, -0.1) is 0 Å². The van der Waals surface area contributed by atoms with E-state index in [0.717, 1.165) is 5.56 Å². The summed E-state index contributed by atoms with van der Waals surface area (Å²) in [5.41, 5.74) is 1.58. The van der Waals surface area contributed by atoms with Crippen molar-refractivity contribution in [2.45, 2.75) is 0 Å². The van der Waals surface area contributed by atoms with Gasteiger partial charge in [-0.1, -0.05) is 30.3 Å². The highest BCUT2D eigenvalue weighted by Crippen LogP contribution is 2.16. The Morgan fingerprint density at radius 3 is 2.82 bits per heavy atom. The zero-order valence-electron chi connectivity index (χ0n) is 6.05. The molecule has 0 fully saturated rings. The molecule has 0 heterocycles. The molecule has 0 atom stereocenters. The number of aliphatic hydroxyl groups is 1. The van der Waals surface area contributed by atoms with Gasteiger partial charge in [0, 0.05) is 5.02 Å². The minimum Gasteiger partial charge on any atom is -0.392 e. The maximum Gasteiger partial charge on any atom is 0.0681 e. The molecule has 2 heteroatoms. The summed E-state index contributed by atoms with van der Waals surface area (Å²) in [5.74, 6) is 0. The summed E-state index contributed by atoms with van der Waals surface area (Å²) < 4.78 is 0. The molecule has 0 saturated heterocycles. The summed E-state index contributed by atoms with van der Waals surface area (Å²) in [4.78, 5) is 0. The molecular weight excluding hydrogens is 160 g/mol. The SMILES string of the molecule is C=C(CO)c1cccc(Cl)c1. The molecule has 0 unspecified atom stereocenters. The van der Waals surface area contributed by atoms with Crippen molar-refractivity contribution in [3.8, 4) is 0 Å². The molecular formula is C9H9ClO. The average molecular weight is 169 g/mol. The number of benzene rings is 1. The van der Waals surface area contributed by atoms with Crippen LogP contribution in [-0.2, 0) is 0 Å². The fourth-order valence-electron chi connectivity index (χ4n) is 0.800. The quantitative estimate of drug-likeness (QED) is 0.719. The van der Waals surface area contributed by atoms with E-state index < -0.39 is 0 Å². The second-order valence-electron chi connectivity index (χ2n) is 2.27. The second kappa shape index (κ2) is 3.56. The molecule has 0 amide bonds. The van der Waals surface area contributed by atoms with Gasteiger partial charge in [0.2, 0.25) is 0 Å². The van der Waals surface area contributed by atoms with E-state index in [4.69, 9.17) is 16.7 Å². The molecule has 0 aliphatic rings. The molecule has 0 bridgehead atoms. The Bertz CT molecular complexity index is 268. The van der Waals surface area contributed by atoms with E-state index in [0.29, 0.717) is 10.6 Å². The van der Waals surface area contributed by atoms with E-state index in [-0.39, 0.29) is 6.61 Å². The lowest BCUT2D eigenvalue weighted by Crippen LogP contribution is -1.87. The van der Waals surface area contributed by atoms with E-state index in [9.17, 15) is 0 Å². The molecule has 1 nitrogen and oxygen atoms in total. The predicted octanol–water partition coefficient (Wildman–Crippen LogP) is 2.35. The maximum absolute atomic E-state index is 8.74. The molecule has 0 aromatic heterocycles. The van der Waals surface area contributed by atoms with Crippen molar-refractivity contribution in [3.05, 3.63) is 41.4 Å². The smallest absolute Gasteiger partial charge is 0.0681 e. The minimum absolute atomic E-state index is 0.0274. The highest BCUT2D eigenvalue weighted by molar-refractivity contribution is 6.30. The third-order valence-corrected chi connectivity index (χ3v) is 1.66. The molecule has 0 aliphatic heterocycles. The Labute approximate surface area is 70.9 Å². The van der Waals surface area contributed by atoms with Gasteiger partial charge in [-0.2, -0.15) is 0 Å². The van der Waals surface area contributed by atoms with Gasteiger partial charge in [-0.25, -0.2) is 0 Å². The Balaban J connectivity index is 2.96. The Morgan fingerprint density at radius 1 is 1.55 bits per heavy atom. The monoisotopic (exact) mass is 168 g/mol. The highest BCUT2D eigenvalue weighted by atomic mass is 35.5. The fraction of sp³-hybridized carbons (Fsp3) is 0.111. The van der Waals surface area contributed by atoms with Gasteiger partial charge in [0.25, 0.3) is 0 Å². The van der Waals surface area contributed by atoms with E-state index in [1.54, 1.807) is 12.1 Å². The number of hydrogen-bond donors (Lipinski definition) is 1. The lowest BCUT2D eigenvalue weighted by Gasteiger charge is -2.00. The van der Waals surface area contributed by atoms with Crippen molar-refractivity contribution in [1.29, 1.82) is 0 Å². The summed E-state index contributed by atoms with van der Waals surface area (Å²) in [6, 6.07) is 7.26. The van der Waals surface area contributed by atoms with Crippen LogP contribution in [0.4, 0.5) is 0 Å². The Kier molecular flexibility index (Phi) is 2.69. The van der Waals surface area contributed by atoms with E-state index in [1.165, 1.54) is 0 Å². The van der Waals surface area contributed by atoms with Crippen molar-refractivity contribution in [2.24, 2.45) is 0 Å². The van der Waals surface area contributed by atoms with Gasteiger partial charge in [0.05, 0.1) is 6.61 Å². The highest BCUT2D eigenvalue weighted by Gasteiger charge is 1.96. The van der Waals surface area contributed by atoms with Crippen molar-refractivity contribution in [1.82, 2.24) is 0 Å². The average Bonchev–Trinajstić information content (AvgIpc) is 2.03. The zero-order chi connectivity index (χ0) is 8.27. The van der Waals surface area contributed by atoms with Gasteiger partial charge in [0.15, 0.2) is 0 Å². The lowest BCUT2D eigenvalue weighted by atomic mass is 10.1. The number of halogens is 1. The van der Waals surface area contributed by atoms with Crippen LogP contribution in [0.2, 0.25) is 5.02 Å². The number of hydrogen-bond acceptors (Lipinski definition) is 1. The molecule has 11 heavy (non-hydrogen) atoms.